The monoisotopic (exact) mass is 382 g/mol. The van der Waals surface area contributed by atoms with E-state index in [1.54, 1.807) is 4.90 Å². The molecule has 1 aliphatic rings. The first-order chi connectivity index (χ1) is 13.1. The molecule has 0 bridgehead atoms. The van der Waals surface area contributed by atoms with Gasteiger partial charge < -0.3 is 9.84 Å². The number of carbonyl (C=O) groups excluding carboxylic acids is 1. The molecule has 0 spiro atoms. The third kappa shape index (κ3) is 4.78. The van der Waals surface area contributed by atoms with Crippen molar-refractivity contribution in [3.8, 4) is 5.75 Å². The smallest absolute Gasteiger partial charge is 0.271 e. The number of amidine groups is 1. The van der Waals surface area contributed by atoms with E-state index in [1.165, 1.54) is 11.8 Å². The summed E-state index contributed by atoms with van der Waals surface area (Å²) in [5.74, 6) is 0.607. The lowest BCUT2D eigenvalue weighted by Crippen LogP contribution is -2.29. The number of anilines is 1. The van der Waals surface area contributed by atoms with Gasteiger partial charge in [-0.1, -0.05) is 30.3 Å². The third-order valence-electron chi connectivity index (χ3n) is 3.73. The highest BCUT2D eigenvalue weighted by Crippen LogP contribution is 2.36. The Morgan fingerprint density at radius 2 is 1.85 bits per heavy atom. The summed E-state index contributed by atoms with van der Waals surface area (Å²) in [7, 11) is 0. The molecule has 140 valence electrons. The van der Waals surface area contributed by atoms with Gasteiger partial charge in [0.15, 0.2) is 5.17 Å². The fourth-order valence-corrected chi connectivity index (χ4v) is 3.67. The number of ether oxygens (including phenoxy) is 1. The largest absolute Gasteiger partial charge is 0.491 e. The highest BCUT2D eigenvalue weighted by Gasteiger charge is 2.34. The van der Waals surface area contributed by atoms with Crippen molar-refractivity contribution < 1.29 is 14.6 Å². The molecule has 1 N–H and O–H groups in total. The molecule has 0 radical (unpaired) electrons. The van der Waals surface area contributed by atoms with E-state index < -0.39 is 0 Å². The lowest BCUT2D eigenvalue weighted by Gasteiger charge is -2.16. The van der Waals surface area contributed by atoms with Gasteiger partial charge in [0.05, 0.1) is 17.2 Å². The molecule has 0 aromatic heterocycles. The van der Waals surface area contributed by atoms with Gasteiger partial charge in [0.1, 0.15) is 12.4 Å². The average molecular weight is 382 g/mol. The van der Waals surface area contributed by atoms with Gasteiger partial charge in [-0.25, -0.2) is 0 Å². The summed E-state index contributed by atoms with van der Waals surface area (Å²) in [4.78, 5) is 19.9. The van der Waals surface area contributed by atoms with Gasteiger partial charge in [-0.2, -0.15) is 0 Å². The molecule has 1 fully saturated rings. The van der Waals surface area contributed by atoms with E-state index in [2.05, 4.69) is 4.99 Å². The van der Waals surface area contributed by atoms with E-state index in [4.69, 9.17) is 9.84 Å². The molecule has 5 nitrogen and oxygen atoms in total. The van der Waals surface area contributed by atoms with Gasteiger partial charge in [-0.3, -0.25) is 14.7 Å². The number of nitrogens with zero attached hydrogens (tertiary/aromatic N) is 2. The first kappa shape index (κ1) is 19.2. The van der Waals surface area contributed by atoms with Crippen molar-refractivity contribution in [1.82, 2.24) is 0 Å². The van der Waals surface area contributed by atoms with Gasteiger partial charge in [0.2, 0.25) is 0 Å². The third-order valence-corrected chi connectivity index (χ3v) is 4.71. The van der Waals surface area contributed by atoms with Gasteiger partial charge in [-0.15, -0.1) is 0 Å². The molecule has 1 saturated heterocycles. The zero-order valence-corrected chi connectivity index (χ0v) is 16.1. The molecule has 1 heterocycles. The quantitative estimate of drug-likeness (QED) is 0.769. The fourth-order valence-electron chi connectivity index (χ4n) is 2.56. The van der Waals surface area contributed by atoms with Gasteiger partial charge in [0, 0.05) is 6.04 Å². The van der Waals surface area contributed by atoms with Crippen LogP contribution in [0.4, 0.5) is 5.69 Å². The first-order valence-electron chi connectivity index (χ1n) is 8.79. The average Bonchev–Trinajstić information content (AvgIpc) is 2.96. The Balaban J connectivity index is 1.88. The molecule has 2 aromatic rings. The number of benzene rings is 2. The normalized spacial score (nSPS) is 17.3. The number of para-hydroxylation sites is 1. The maximum Gasteiger partial charge on any atom is 0.271 e. The number of hydrogen-bond acceptors (Lipinski definition) is 5. The van der Waals surface area contributed by atoms with Crippen LogP contribution in [0.5, 0.6) is 5.75 Å². The van der Waals surface area contributed by atoms with Crippen molar-refractivity contribution in [3.63, 3.8) is 0 Å². The minimum Gasteiger partial charge on any atom is -0.491 e. The summed E-state index contributed by atoms with van der Waals surface area (Å²) in [6.45, 7) is 4.22. The number of carbonyl (C=O) groups is 1. The van der Waals surface area contributed by atoms with Crippen molar-refractivity contribution in [3.05, 3.63) is 65.1 Å². The minimum atomic E-state index is -0.0776. The Bertz CT molecular complexity index is 845. The summed E-state index contributed by atoms with van der Waals surface area (Å²) >= 11 is 1.39. The molecule has 1 aliphatic heterocycles. The van der Waals surface area contributed by atoms with Crippen LogP contribution < -0.4 is 9.64 Å². The summed E-state index contributed by atoms with van der Waals surface area (Å²) in [5, 5.41) is 9.51. The predicted octanol–water partition coefficient (Wildman–Crippen LogP) is 3.94. The number of aliphatic hydroxyl groups excluding tert-OH is 1. The summed E-state index contributed by atoms with van der Waals surface area (Å²) in [5.41, 5.74) is 1.71. The molecular formula is C21H22N2O3S. The van der Waals surface area contributed by atoms with Crippen LogP contribution in [0, 0.1) is 0 Å². The van der Waals surface area contributed by atoms with Crippen LogP contribution in [0.2, 0.25) is 0 Å². The van der Waals surface area contributed by atoms with Crippen molar-refractivity contribution in [2.75, 3.05) is 18.1 Å². The van der Waals surface area contributed by atoms with Crippen LogP contribution >= 0.6 is 11.8 Å². The summed E-state index contributed by atoms with van der Waals surface area (Å²) in [6, 6.07) is 17.1. The first-order valence-corrected chi connectivity index (χ1v) is 9.60. The van der Waals surface area contributed by atoms with Crippen LogP contribution in [0.1, 0.15) is 19.4 Å². The number of amides is 1. The van der Waals surface area contributed by atoms with Crippen molar-refractivity contribution in [2.24, 2.45) is 4.99 Å². The second kappa shape index (κ2) is 8.88. The summed E-state index contributed by atoms with van der Waals surface area (Å²) in [6.07, 6.45) is 1.86. The summed E-state index contributed by atoms with van der Waals surface area (Å²) < 4.78 is 5.37. The standard InChI is InChI=1S/C21H22N2O3S/c1-15(2)22-21-23(17-6-4-3-5-7-17)20(25)19(27-21)14-16-8-10-18(11-9-16)26-13-12-24/h3-11,14-15,24H,12-13H2,1-2H3/b19-14-,22-21?. The van der Waals surface area contributed by atoms with Gasteiger partial charge >= 0.3 is 0 Å². The lowest BCUT2D eigenvalue weighted by molar-refractivity contribution is -0.113. The molecule has 1 amide bonds. The molecule has 2 aromatic carbocycles. The SMILES string of the molecule is CC(C)N=C1S/C(=C\c2ccc(OCCO)cc2)C(=O)N1c1ccccc1. The molecule has 0 atom stereocenters. The second-order valence-electron chi connectivity index (χ2n) is 6.23. The molecule has 0 unspecified atom stereocenters. The van der Waals surface area contributed by atoms with E-state index in [1.807, 2.05) is 74.5 Å². The highest BCUT2D eigenvalue weighted by atomic mass is 32.2. The number of rotatable bonds is 6. The Hall–Kier alpha value is -2.57. The molecule has 3 rings (SSSR count). The molecule has 0 aliphatic carbocycles. The molecule has 27 heavy (non-hydrogen) atoms. The molecular weight excluding hydrogens is 360 g/mol. The Morgan fingerprint density at radius 1 is 1.15 bits per heavy atom. The van der Waals surface area contributed by atoms with E-state index in [-0.39, 0.29) is 25.2 Å². The van der Waals surface area contributed by atoms with Crippen LogP contribution in [0.15, 0.2) is 64.5 Å². The number of hydrogen-bond donors (Lipinski definition) is 1. The van der Waals surface area contributed by atoms with Gasteiger partial charge in [0.25, 0.3) is 5.91 Å². The van der Waals surface area contributed by atoms with Crippen molar-refractivity contribution in [2.45, 2.75) is 19.9 Å². The Kier molecular flexibility index (Phi) is 6.32. The maximum absolute atomic E-state index is 13.0. The molecule has 0 saturated carbocycles. The van der Waals surface area contributed by atoms with Crippen LogP contribution in [0.3, 0.4) is 0 Å². The maximum atomic E-state index is 13.0. The predicted molar refractivity (Wildman–Crippen MR) is 111 cm³/mol. The lowest BCUT2D eigenvalue weighted by atomic mass is 10.2. The van der Waals surface area contributed by atoms with E-state index in [0.29, 0.717) is 15.8 Å². The topological polar surface area (TPSA) is 62.1 Å². The van der Waals surface area contributed by atoms with Crippen LogP contribution in [-0.2, 0) is 4.79 Å². The van der Waals surface area contributed by atoms with Crippen LogP contribution in [-0.4, -0.2) is 35.4 Å². The second-order valence-corrected chi connectivity index (χ2v) is 7.24. The highest BCUT2D eigenvalue weighted by molar-refractivity contribution is 8.19. The number of aliphatic imine (C=N–C) groups is 1. The van der Waals surface area contributed by atoms with E-state index in [9.17, 15) is 4.79 Å². The Labute approximate surface area is 163 Å². The van der Waals surface area contributed by atoms with E-state index in [0.717, 1.165) is 11.3 Å². The Morgan fingerprint density at radius 3 is 2.48 bits per heavy atom. The number of aliphatic hydroxyl groups is 1. The fraction of sp³-hybridized carbons (Fsp3) is 0.238. The van der Waals surface area contributed by atoms with Crippen molar-refractivity contribution in [1.29, 1.82) is 0 Å². The van der Waals surface area contributed by atoms with E-state index >= 15 is 0 Å². The zero-order chi connectivity index (χ0) is 19.2. The number of thioether (sulfide) groups is 1. The van der Waals surface area contributed by atoms with Crippen molar-refractivity contribution >= 4 is 34.6 Å². The van der Waals surface area contributed by atoms with Crippen LogP contribution in [0.25, 0.3) is 6.08 Å². The molecule has 6 heteroatoms. The minimum absolute atomic E-state index is 0.0236. The zero-order valence-electron chi connectivity index (χ0n) is 15.3. The van der Waals surface area contributed by atoms with Gasteiger partial charge in [-0.05, 0) is 61.5 Å².